The number of ether oxygens (including phenoxy) is 1. The molecule has 0 saturated heterocycles. The third-order valence-corrected chi connectivity index (χ3v) is 1.71. The van der Waals surface area contributed by atoms with Gasteiger partial charge < -0.3 is 15.4 Å². The molecule has 1 fully saturated rings. The summed E-state index contributed by atoms with van der Waals surface area (Å²) in [7, 11) is 1.64. The van der Waals surface area contributed by atoms with Crippen LogP contribution < -0.4 is 10.6 Å². The molecule has 0 aromatic rings. The Morgan fingerprint density at radius 2 is 2.33 bits per heavy atom. The number of methoxy groups -OCH3 is 1. The Hall–Kier alpha value is -0.610. The SMILES string of the molecule is COCCNCC(=O)NC1CC1. The standard InChI is InChI=1S/C8H16N2O2/c1-12-5-4-9-6-8(11)10-7-2-3-7/h7,9H,2-6H2,1H3,(H,10,11). The quantitative estimate of drug-likeness (QED) is 0.531. The highest BCUT2D eigenvalue weighted by atomic mass is 16.5. The molecule has 1 aliphatic carbocycles. The third kappa shape index (κ3) is 4.31. The summed E-state index contributed by atoms with van der Waals surface area (Å²) in [6.45, 7) is 1.78. The van der Waals surface area contributed by atoms with Gasteiger partial charge in [0.2, 0.25) is 5.91 Å². The van der Waals surface area contributed by atoms with Crippen LogP contribution in [0.25, 0.3) is 0 Å². The Morgan fingerprint density at radius 3 is 2.92 bits per heavy atom. The first-order chi connectivity index (χ1) is 5.83. The molecule has 1 saturated carbocycles. The van der Waals surface area contributed by atoms with Gasteiger partial charge in [-0.1, -0.05) is 0 Å². The molecule has 0 aliphatic heterocycles. The van der Waals surface area contributed by atoms with E-state index in [2.05, 4.69) is 10.6 Å². The fraction of sp³-hybridized carbons (Fsp3) is 0.875. The molecule has 2 N–H and O–H groups in total. The second kappa shape index (κ2) is 5.11. The van der Waals surface area contributed by atoms with Gasteiger partial charge >= 0.3 is 0 Å². The molecule has 0 unspecified atom stereocenters. The van der Waals surface area contributed by atoms with Gasteiger partial charge in [0.25, 0.3) is 0 Å². The highest BCUT2D eigenvalue weighted by Gasteiger charge is 2.22. The Morgan fingerprint density at radius 1 is 1.58 bits per heavy atom. The monoisotopic (exact) mass is 172 g/mol. The molecule has 0 aromatic carbocycles. The molecule has 0 aromatic heterocycles. The van der Waals surface area contributed by atoms with Gasteiger partial charge in [0.05, 0.1) is 13.2 Å². The van der Waals surface area contributed by atoms with Crippen molar-refractivity contribution in [2.75, 3.05) is 26.8 Å². The number of hydrogen-bond donors (Lipinski definition) is 2. The van der Waals surface area contributed by atoms with Crippen LogP contribution in [-0.2, 0) is 9.53 Å². The fourth-order valence-electron chi connectivity index (χ4n) is 0.883. The van der Waals surface area contributed by atoms with E-state index < -0.39 is 0 Å². The lowest BCUT2D eigenvalue weighted by molar-refractivity contribution is -0.120. The van der Waals surface area contributed by atoms with Gasteiger partial charge in [0, 0.05) is 19.7 Å². The average Bonchev–Trinajstić information content (AvgIpc) is 2.82. The summed E-state index contributed by atoms with van der Waals surface area (Å²) in [5.41, 5.74) is 0. The van der Waals surface area contributed by atoms with Crippen molar-refractivity contribution in [1.29, 1.82) is 0 Å². The predicted molar refractivity (Wildman–Crippen MR) is 45.9 cm³/mol. The Bertz CT molecular complexity index is 146. The highest BCUT2D eigenvalue weighted by Crippen LogP contribution is 2.17. The zero-order valence-corrected chi connectivity index (χ0v) is 7.43. The van der Waals surface area contributed by atoms with E-state index in [0.717, 1.165) is 19.4 Å². The minimum Gasteiger partial charge on any atom is -0.383 e. The molecule has 4 nitrogen and oxygen atoms in total. The maximum Gasteiger partial charge on any atom is 0.234 e. The molecule has 4 heteroatoms. The van der Waals surface area contributed by atoms with Crippen LogP contribution >= 0.6 is 0 Å². The normalized spacial score (nSPS) is 16.1. The molecule has 70 valence electrons. The van der Waals surface area contributed by atoms with E-state index in [-0.39, 0.29) is 5.91 Å². The van der Waals surface area contributed by atoms with Gasteiger partial charge in [-0.3, -0.25) is 4.79 Å². The van der Waals surface area contributed by atoms with Crippen molar-refractivity contribution < 1.29 is 9.53 Å². The lowest BCUT2D eigenvalue weighted by atomic mass is 10.5. The zero-order valence-electron chi connectivity index (χ0n) is 7.43. The number of nitrogens with one attached hydrogen (secondary N) is 2. The van der Waals surface area contributed by atoms with E-state index in [1.54, 1.807) is 7.11 Å². The molecule has 1 aliphatic rings. The number of hydrogen-bond acceptors (Lipinski definition) is 3. The number of amides is 1. The van der Waals surface area contributed by atoms with Crippen molar-refractivity contribution in [3.63, 3.8) is 0 Å². The predicted octanol–water partition coefficient (Wildman–Crippen LogP) is -0.499. The van der Waals surface area contributed by atoms with E-state index in [4.69, 9.17) is 4.74 Å². The van der Waals surface area contributed by atoms with E-state index in [0.29, 0.717) is 19.2 Å². The minimum atomic E-state index is 0.0913. The molecular weight excluding hydrogens is 156 g/mol. The maximum atomic E-state index is 11.0. The van der Waals surface area contributed by atoms with Crippen LogP contribution in [0.5, 0.6) is 0 Å². The average molecular weight is 172 g/mol. The Balaban J connectivity index is 1.87. The first-order valence-corrected chi connectivity index (χ1v) is 4.32. The second-order valence-electron chi connectivity index (χ2n) is 3.01. The molecule has 1 amide bonds. The summed E-state index contributed by atoms with van der Waals surface area (Å²) >= 11 is 0. The summed E-state index contributed by atoms with van der Waals surface area (Å²) in [5, 5.41) is 5.87. The van der Waals surface area contributed by atoms with Crippen LogP contribution in [0, 0.1) is 0 Å². The van der Waals surface area contributed by atoms with Crippen LogP contribution in [0.2, 0.25) is 0 Å². The number of rotatable bonds is 6. The van der Waals surface area contributed by atoms with Crippen molar-refractivity contribution in [3.8, 4) is 0 Å². The minimum absolute atomic E-state index is 0.0913. The molecule has 0 spiro atoms. The first-order valence-electron chi connectivity index (χ1n) is 4.32. The molecule has 1 rings (SSSR count). The lowest BCUT2D eigenvalue weighted by Crippen LogP contribution is -2.36. The smallest absolute Gasteiger partial charge is 0.234 e. The van der Waals surface area contributed by atoms with Crippen LogP contribution in [0.4, 0.5) is 0 Å². The second-order valence-corrected chi connectivity index (χ2v) is 3.01. The highest BCUT2D eigenvalue weighted by molar-refractivity contribution is 5.78. The van der Waals surface area contributed by atoms with Crippen molar-refractivity contribution in [1.82, 2.24) is 10.6 Å². The van der Waals surface area contributed by atoms with Crippen molar-refractivity contribution >= 4 is 5.91 Å². The van der Waals surface area contributed by atoms with Crippen LogP contribution in [0.1, 0.15) is 12.8 Å². The summed E-state index contributed by atoms with van der Waals surface area (Å²) in [5.74, 6) is 0.0913. The van der Waals surface area contributed by atoms with Gasteiger partial charge in [-0.05, 0) is 12.8 Å². The maximum absolute atomic E-state index is 11.0. The van der Waals surface area contributed by atoms with Gasteiger partial charge in [-0.2, -0.15) is 0 Å². The molecule has 0 heterocycles. The summed E-state index contributed by atoms with van der Waals surface area (Å²) < 4.78 is 4.82. The lowest BCUT2D eigenvalue weighted by Gasteiger charge is -2.04. The van der Waals surface area contributed by atoms with Gasteiger partial charge in [-0.25, -0.2) is 0 Å². The molecule has 12 heavy (non-hydrogen) atoms. The largest absolute Gasteiger partial charge is 0.383 e. The topological polar surface area (TPSA) is 50.4 Å². The Labute approximate surface area is 72.7 Å². The van der Waals surface area contributed by atoms with Gasteiger partial charge in [0.1, 0.15) is 0 Å². The van der Waals surface area contributed by atoms with E-state index in [9.17, 15) is 4.79 Å². The van der Waals surface area contributed by atoms with Gasteiger partial charge in [0.15, 0.2) is 0 Å². The van der Waals surface area contributed by atoms with E-state index >= 15 is 0 Å². The number of carbonyl (C=O) groups is 1. The summed E-state index contributed by atoms with van der Waals surface area (Å²) in [6.07, 6.45) is 2.29. The molecule has 0 atom stereocenters. The van der Waals surface area contributed by atoms with E-state index in [1.165, 1.54) is 0 Å². The van der Waals surface area contributed by atoms with Gasteiger partial charge in [-0.15, -0.1) is 0 Å². The van der Waals surface area contributed by atoms with Crippen LogP contribution in [0.15, 0.2) is 0 Å². The fourth-order valence-corrected chi connectivity index (χ4v) is 0.883. The van der Waals surface area contributed by atoms with Crippen molar-refractivity contribution in [2.45, 2.75) is 18.9 Å². The van der Waals surface area contributed by atoms with E-state index in [1.807, 2.05) is 0 Å². The van der Waals surface area contributed by atoms with Crippen molar-refractivity contribution in [3.05, 3.63) is 0 Å². The van der Waals surface area contributed by atoms with Crippen molar-refractivity contribution in [2.24, 2.45) is 0 Å². The Kier molecular flexibility index (Phi) is 4.04. The van der Waals surface area contributed by atoms with Crippen LogP contribution in [0.3, 0.4) is 0 Å². The first kappa shape index (κ1) is 9.48. The number of carbonyl (C=O) groups excluding carboxylic acids is 1. The molecule has 0 radical (unpaired) electrons. The summed E-state index contributed by atoms with van der Waals surface area (Å²) in [4.78, 5) is 11.0. The zero-order chi connectivity index (χ0) is 8.81. The summed E-state index contributed by atoms with van der Waals surface area (Å²) in [6, 6.07) is 0.460. The van der Waals surface area contributed by atoms with Crippen LogP contribution in [-0.4, -0.2) is 38.8 Å². The molecule has 0 bridgehead atoms. The third-order valence-electron chi connectivity index (χ3n) is 1.71. The molecular formula is C8H16N2O2.